The standard InChI is InChI=1S/C12H21N3O3S/c1-5-13-9-10-8-11(6-7-12(10)18-4)19(16,17)14-15(2)3/h6-8,13-14H,5,9H2,1-4H3. The van der Waals surface area contributed by atoms with Crippen LogP contribution < -0.4 is 14.9 Å². The fourth-order valence-corrected chi connectivity index (χ4v) is 2.74. The van der Waals surface area contributed by atoms with Crippen molar-refractivity contribution < 1.29 is 13.2 Å². The van der Waals surface area contributed by atoms with Crippen molar-refractivity contribution in [1.29, 1.82) is 0 Å². The lowest BCUT2D eigenvalue weighted by Gasteiger charge is -2.15. The van der Waals surface area contributed by atoms with Gasteiger partial charge in [0.2, 0.25) is 0 Å². The van der Waals surface area contributed by atoms with Crippen LogP contribution in [0.15, 0.2) is 23.1 Å². The lowest BCUT2D eigenvalue weighted by Crippen LogP contribution is -2.36. The van der Waals surface area contributed by atoms with Gasteiger partial charge in [-0.25, -0.2) is 13.4 Å². The van der Waals surface area contributed by atoms with Crippen LogP contribution in [0.25, 0.3) is 0 Å². The molecule has 0 aliphatic heterocycles. The van der Waals surface area contributed by atoms with Gasteiger partial charge in [-0.2, -0.15) is 0 Å². The molecule has 0 aliphatic carbocycles. The average molecular weight is 287 g/mol. The topological polar surface area (TPSA) is 70.7 Å². The van der Waals surface area contributed by atoms with E-state index in [1.807, 2.05) is 6.92 Å². The Hall–Kier alpha value is -1.15. The van der Waals surface area contributed by atoms with Gasteiger partial charge in [0.25, 0.3) is 10.0 Å². The van der Waals surface area contributed by atoms with Crippen molar-refractivity contribution in [3.8, 4) is 5.75 Å². The van der Waals surface area contributed by atoms with E-state index in [9.17, 15) is 8.42 Å². The normalized spacial score (nSPS) is 11.8. The first-order valence-electron chi connectivity index (χ1n) is 5.98. The fraction of sp³-hybridized carbons (Fsp3) is 0.500. The first-order chi connectivity index (χ1) is 8.90. The van der Waals surface area contributed by atoms with Crippen LogP contribution in [0.2, 0.25) is 0 Å². The second-order valence-corrected chi connectivity index (χ2v) is 5.90. The molecule has 6 nitrogen and oxygen atoms in total. The van der Waals surface area contributed by atoms with Crippen molar-refractivity contribution in [2.75, 3.05) is 27.7 Å². The van der Waals surface area contributed by atoms with Crippen molar-refractivity contribution in [3.63, 3.8) is 0 Å². The Morgan fingerprint density at radius 3 is 2.53 bits per heavy atom. The molecule has 0 saturated heterocycles. The molecule has 0 saturated carbocycles. The maximum atomic E-state index is 12.1. The molecule has 0 bridgehead atoms. The highest BCUT2D eigenvalue weighted by Crippen LogP contribution is 2.22. The lowest BCUT2D eigenvalue weighted by molar-refractivity contribution is 0.364. The molecule has 0 radical (unpaired) electrons. The molecule has 0 atom stereocenters. The highest BCUT2D eigenvalue weighted by molar-refractivity contribution is 7.89. The number of nitrogens with one attached hydrogen (secondary N) is 2. The van der Waals surface area contributed by atoms with Crippen molar-refractivity contribution in [2.45, 2.75) is 18.4 Å². The molecular formula is C12H21N3O3S. The molecular weight excluding hydrogens is 266 g/mol. The van der Waals surface area contributed by atoms with Gasteiger partial charge in [0.15, 0.2) is 0 Å². The summed E-state index contributed by atoms with van der Waals surface area (Å²) in [5.41, 5.74) is 0.811. The summed E-state index contributed by atoms with van der Waals surface area (Å²) in [7, 11) is 1.28. The number of hydrogen-bond donors (Lipinski definition) is 2. The van der Waals surface area contributed by atoms with Gasteiger partial charge in [-0.3, -0.25) is 0 Å². The number of benzene rings is 1. The molecule has 1 rings (SSSR count). The Labute approximate surface area is 114 Å². The van der Waals surface area contributed by atoms with E-state index in [0.717, 1.165) is 12.1 Å². The van der Waals surface area contributed by atoms with Crippen LogP contribution in [0, 0.1) is 0 Å². The molecule has 0 aliphatic rings. The second-order valence-electron chi connectivity index (χ2n) is 4.24. The van der Waals surface area contributed by atoms with E-state index >= 15 is 0 Å². The zero-order valence-corrected chi connectivity index (χ0v) is 12.5. The molecule has 1 aromatic rings. The number of nitrogens with zero attached hydrogens (tertiary/aromatic N) is 1. The molecule has 2 N–H and O–H groups in total. The van der Waals surface area contributed by atoms with Gasteiger partial charge in [0.05, 0.1) is 12.0 Å². The highest BCUT2D eigenvalue weighted by atomic mass is 32.2. The van der Waals surface area contributed by atoms with Crippen molar-refractivity contribution in [3.05, 3.63) is 23.8 Å². The van der Waals surface area contributed by atoms with Crippen LogP contribution in [-0.4, -0.2) is 41.2 Å². The lowest BCUT2D eigenvalue weighted by atomic mass is 10.2. The van der Waals surface area contributed by atoms with Gasteiger partial charge in [-0.15, -0.1) is 4.83 Å². The predicted molar refractivity (Wildman–Crippen MR) is 74.4 cm³/mol. The maximum Gasteiger partial charge on any atom is 0.253 e. The molecule has 0 fully saturated rings. The van der Waals surface area contributed by atoms with Crippen molar-refractivity contribution >= 4 is 10.0 Å². The van der Waals surface area contributed by atoms with Crippen LogP contribution in [-0.2, 0) is 16.6 Å². The number of hydrazine groups is 1. The monoisotopic (exact) mass is 287 g/mol. The second kappa shape index (κ2) is 6.85. The third kappa shape index (κ3) is 4.46. The maximum absolute atomic E-state index is 12.1. The van der Waals surface area contributed by atoms with Gasteiger partial charge in [0.1, 0.15) is 5.75 Å². The molecule has 0 aromatic heterocycles. The van der Waals surface area contributed by atoms with E-state index in [4.69, 9.17) is 4.74 Å². The summed E-state index contributed by atoms with van der Waals surface area (Å²) < 4.78 is 29.3. The van der Waals surface area contributed by atoms with Crippen LogP contribution in [0.1, 0.15) is 12.5 Å². The molecule has 19 heavy (non-hydrogen) atoms. The number of hydrogen-bond acceptors (Lipinski definition) is 5. The number of methoxy groups -OCH3 is 1. The predicted octanol–water partition coefficient (Wildman–Crippen LogP) is 0.560. The first kappa shape index (κ1) is 15.9. The summed E-state index contributed by atoms with van der Waals surface area (Å²) in [6, 6.07) is 4.81. The van der Waals surface area contributed by atoms with Crippen molar-refractivity contribution in [2.24, 2.45) is 0 Å². The molecule has 1 aromatic carbocycles. The summed E-state index contributed by atoms with van der Waals surface area (Å²) in [6.45, 7) is 3.35. The summed E-state index contributed by atoms with van der Waals surface area (Å²) in [4.78, 5) is 2.62. The average Bonchev–Trinajstić information content (AvgIpc) is 2.34. The molecule has 0 heterocycles. The number of sulfonamides is 1. The molecule has 7 heteroatoms. The van der Waals surface area contributed by atoms with E-state index in [1.54, 1.807) is 33.3 Å². The van der Waals surface area contributed by atoms with E-state index < -0.39 is 10.0 Å². The fourth-order valence-electron chi connectivity index (χ4n) is 1.61. The Bertz CT molecular complexity index is 515. The Morgan fingerprint density at radius 2 is 2.00 bits per heavy atom. The minimum absolute atomic E-state index is 0.218. The minimum atomic E-state index is -3.54. The van der Waals surface area contributed by atoms with Gasteiger partial charge in [-0.05, 0) is 24.7 Å². The zero-order valence-electron chi connectivity index (χ0n) is 11.7. The third-order valence-electron chi connectivity index (χ3n) is 2.43. The summed E-state index contributed by atoms with van der Waals surface area (Å²) >= 11 is 0. The number of ether oxygens (including phenoxy) is 1. The molecule has 0 amide bonds. The SMILES string of the molecule is CCNCc1cc(S(=O)(=O)NN(C)C)ccc1OC. The highest BCUT2D eigenvalue weighted by Gasteiger charge is 2.16. The summed E-state index contributed by atoms with van der Waals surface area (Å²) in [5.74, 6) is 0.671. The van der Waals surface area contributed by atoms with Crippen molar-refractivity contribution in [1.82, 2.24) is 15.2 Å². The first-order valence-corrected chi connectivity index (χ1v) is 7.46. The Balaban J connectivity index is 3.10. The van der Waals surface area contributed by atoms with E-state index in [1.165, 1.54) is 11.1 Å². The summed E-state index contributed by atoms with van der Waals surface area (Å²) in [6.07, 6.45) is 0. The quantitative estimate of drug-likeness (QED) is 0.717. The molecule has 108 valence electrons. The van der Waals surface area contributed by atoms with E-state index in [-0.39, 0.29) is 4.90 Å². The number of rotatable bonds is 7. The van der Waals surface area contributed by atoms with Gasteiger partial charge < -0.3 is 10.1 Å². The minimum Gasteiger partial charge on any atom is -0.496 e. The Morgan fingerprint density at radius 1 is 1.32 bits per heavy atom. The van der Waals surface area contributed by atoms with E-state index in [0.29, 0.717) is 12.3 Å². The largest absolute Gasteiger partial charge is 0.496 e. The van der Waals surface area contributed by atoms with Crippen LogP contribution in [0.4, 0.5) is 0 Å². The van der Waals surface area contributed by atoms with Crippen LogP contribution >= 0.6 is 0 Å². The van der Waals surface area contributed by atoms with Gasteiger partial charge in [0, 0.05) is 26.2 Å². The van der Waals surface area contributed by atoms with Crippen LogP contribution in [0.3, 0.4) is 0 Å². The smallest absolute Gasteiger partial charge is 0.253 e. The zero-order chi connectivity index (χ0) is 14.5. The van der Waals surface area contributed by atoms with Crippen LogP contribution in [0.5, 0.6) is 5.75 Å². The van der Waals surface area contributed by atoms with Gasteiger partial charge >= 0.3 is 0 Å². The van der Waals surface area contributed by atoms with Gasteiger partial charge in [-0.1, -0.05) is 6.92 Å². The summed E-state index contributed by atoms with van der Waals surface area (Å²) in [5, 5.41) is 4.55. The third-order valence-corrected chi connectivity index (χ3v) is 3.91. The molecule has 0 spiro atoms. The Kier molecular flexibility index (Phi) is 5.74. The molecule has 0 unspecified atom stereocenters. The van der Waals surface area contributed by atoms with E-state index in [2.05, 4.69) is 10.1 Å².